The van der Waals surface area contributed by atoms with Gasteiger partial charge in [0.05, 0.1) is 23.2 Å². The molecule has 2 aliphatic heterocycles. The number of anilines is 1. The molecule has 25 heavy (non-hydrogen) atoms. The summed E-state index contributed by atoms with van der Waals surface area (Å²) in [6, 6.07) is 3.66. The molecule has 3 rings (SSSR count). The highest BCUT2D eigenvalue weighted by molar-refractivity contribution is 9.10. The zero-order chi connectivity index (χ0) is 18.2. The van der Waals surface area contributed by atoms with E-state index in [-0.39, 0.29) is 41.7 Å². The fourth-order valence-electron chi connectivity index (χ4n) is 2.77. The number of halogens is 2. The Hall–Kier alpha value is -1.81. The lowest BCUT2D eigenvalue weighted by Crippen LogP contribution is -2.42. The minimum atomic E-state index is -3.18. The number of hydrogen-bond acceptors (Lipinski definition) is 5. The van der Waals surface area contributed by atoms with E-state index in [9.17, 15) is 22.4 Å². The first-order chi connectivity index (χ1) is 11.7. The van der Waals surface area contributed by atoms with Crippen LogP contribution in [0, 0.1) is 5.82 Å². The quantitative estimate of drug-likeness (QED) is 0.787. The topological polar surface area (TPSA) is 95.9 Å². The zero-order valence-corrected chi connectivity index (χ0v) is 15.4. The van der Waals surface area contributed by atoms with Crippen LogP contribution in [-0.2, 0) is 19.4 Å². The van der Waals surface area contributed by atoms with Crippen molar-refractivity contribution in [2.75, 3.05) is 16.8 Å². The average molecular weight is 432 g/mol. The Morgan fingerprint density at radius 3 is 2.76 bits per heavy atom. The molecule has 0 bridgehead atoms. The smallest absolute Gasteiger partial charge is 0.271 e. The number of rotatable bonds is 3. The van der Waals surface area contributed by atoms with Crippen LogP contribution in [0.2, 0.25) is 0 Å². The number of carbonyl (C=O) groups excluding carboxylic acids is 2. The lowest BCUT2D eigenvalue weighted by atomic mass is 10.1. The predicted octanol–water partition coefficient (Wildman–Crippen LogP) is 1.69. The van der Waals surface area contributed by atoms with Crippen molar-refractivity contribution in [3.8, 4) is 0 Å². The number of nitrogens with zero attached hydrogens (tertiary/aromatic N) is 2. The first-order valence-corrected chi connectivity index (χ1v) is 10.2. The van der Waals surface area contributed by atoms with E-state index >= 15 is 0 Å². The maximum atomic E-state index is 13.8. The number of hydrazone groups is 1. The van der Waals surface area contributed by atoms with Gasteiger partial charge in [0.25, 0.3) is 5.91 Å². The van der Waals surface area contributed by atoms with Crippen molar-refractivity contribution in [2.24, 2.45) is 5.10 Å². The van der Waals surface area contributed by atoms with Crippen LogP contribution in [0.25, 0.3) is 0 Å². The van der Waals surface area contributed by atoms with Crippen LogP contribution < -0.4 is 5.32 Å². The van der Waals surface area contributed by atoms with Gasteiger partial charge >= 0.3 is 0 Å². The van der Waals surface area contributed by atoms with Crippen LogP contribution in [0.4, 0.5) is 10.1 Å². The highest BCUT2D eigenvalue weighted by atomic mass is 79.9. The molecule has 1 N–H and O–H groups in total. The molecule has 0 radical (unpaired) electrons. The number of sulfone groups is 1. The highest BCUT2D eigenvalue weighted by Gasteiger charge is 2.37. The lowest BCUT2D eigenvalue weighted by molar-refractivity contribution is -0.133. The third-order valence-corrected chi connectivity index (χ3v) is 6.30. The van der Waals surface area contributed by atoms with Crippen LogP contribution in [0.5, 0.6) is 0 Å². The van der Waals surface area contributed by atoms with Crippen molar-refractivity contribution >= 4 is 49.0 Å². The van der Waals surface area contributed by atoms with Gasteiger partial charge in [-0.3, -0.25) is 9.59 Å². The molecule has 2 amide bonds. The molecule has 1 saturated heterocycles. The van der Waals surface area contributed by atoms with E-state index in [1.807, 2.05) is 0 Å². The van der Waals surface area contributed by atoms with Gasteiger partial charge in [-0.25, -0.2) is 17.8 Å². The molecule has 2 aliphatic rings. The third kappa shape index (κ3) is 4.06. The summed E-state index contributed by atoms with van der Waals surface area (Å²) < 4.78 is 37.6. The van der Waals surface area contributed by atoms with Gasteiger partial charge in [-0.05, 0) is 24.6 Å². The Bertz CT molecular complexity index is 872. The van der Waals surface area contributed by atoms with Crippen molar-refractivity contribution in [3.63, 3.8) is 0 Å². The van der Waals surface area contributed by atoms with Gasteiger partial charge in [-0.15, -0.1) is 0 Å². The molecule has 1 fully saturated rings. The number of carbonyl (C=O) groups is 2. The van der Waals surface area contributed by atoms with Gasteiger partial charge in [0, 0.05) is 17.3 Å². The second kappa shape index (κ2) is 6.83. The van der Waals surface area contributed by atoms with Crippen molar-refractivity contribution in [3.05, 3.63) is 28.5 Å². The molecule has 134 valence electrons. The number of amides is 2. The first kappa shape index (κ1) is 18.0. The summed E-state index contributed by atoms with van der Waals surface area (Å²) in [6.45, 7) is 0. The summed E-state index contributed by atoms with van der Waals surface area (Å²) in [5.74, 6) is -1.68. The summed E-state index contributed by atoms with van der Waals surface area (Å²) in [4.78, 5) is 24.4. The Labute approximate surface area is 152 Å². The van der Waals surface area contributed by atoms with Crippen molar-refractivity contribution in [1.82, 2.24) is 5.01 Å². The molecule has 10 heteroatoms. The van der Waals surface area contributed by atoms with Crippen LogP contribution in [-0.4, -0.2) is 48.5 Å². The van der Waals surface area contributed by atoms with Gasteiger partial charge in [0.2, 0.25) is 5.91 Å². The summed E-state index contributed by atoms with van der Waals surface area (Å²) in [6.07, 6.45) is 0.484. The van der Waals surface area contributed by atoms with E-state index in [1.54, 1.807) is 6.07 Å². The molecular formula is C15H15BrFN3O4S. The molecule has 1 aromatic rings. The van der Waals surface area contributed by atoms with E-state index < -0.39 is 27.6 Å². The normalized spacial score (nSPS) is 22.6. The molecule has 7 nitrogen and oxygen atoms in total. The Morgan fingerprint density at radius 1 is 1.36 bits per heavy atom. The Balaban J connectivity index is 1.77. The molecule has 0 spiro atoms. The maximum Gasteiger partial charge on any atom is 0.271 e. The van der Waals surface area contributed by atoms with Crippen LogP contribution in [0.1, 0.15) is 19.3 Å². The van der Waals surface area contributed by atoms with Crippen LogP contribution in [0.15, 0.2) is 27.8 Å². The number of hydrogen-bond donors (Lipinski definition) is 1. The van der Waals surface area contributed by atoms with Gasteiger partial charge in [0.15, 0.2) is 9.84 Å². The van der Waals surface area contributed by atoms with Gasteiger partial charge < -0.3 is 5.32 Å². The van der Waals surface area contributed by atoms with E-state index in [0.29, 0.717) is 10.9 Å². The molecule has 1 atom stereocenters. The Kier molecular flexibility index (Phi) is 4.92. The summed E-state index contributed by atoms with van der Waals surface area (Å²) in [5, 5.41) is 7.57. The Morgan fingerprint density at radius 2 is 2.12 bits per heavy atom. The van der Waals surface area contributed by atoms with Crippen molar-refractivity contribution in [1.29, 1.82) is 0 Å². The fourth-order valence-corrected chi connectivity index (χ4v) is 4.80. The van der Waals surface area contributed by atoms with Gasteiger partial charge in [0.1, 0.15) is 11.5 Å². The largest absolute Gasteiger partial charge is 0.318 e. The van der Waals surface area contributed by atoms with E-state index in [1.165, 1.54) is 12.1 Å². The number of nitrogens with one attached hydrogen (secondary N) is 1. The van der Waals surface area contributed by atoms with E-state index in [2.05, 4.69) is 26.3 Å². The monoisotopic (exact) mass is 431 g/mol. The van der Waals surface area contributed by atoms with Crippen LogP contribution in [0.3, 0.4) is 0 Å². The van der Waals surface area contributed by atoms with E-state index in [4.69, 9.17) is 0 Å². The summed E-state index contributed by atoms with van der Waals surface area (Å²) in [5.41, 5.74) is 0.0778. The number of benzene rings is 1. The van der Waals surface area contributed by atoms with Crippen molar-refractivity contribution in [2.45, 2.75) is 25.3 Å². The molecule has 0 unspecified atom stereocenters. The standard InChI is InChI=1S/C15H15BrFN3O4S/c16-9-1-2-12(11(17)7-9)18-15(22)13-3-4-14(21)20(19-13)10-5-6-25(23,24)8-10/h1-2,7,10H,3-6,8H2,(H,18,22)/t10-/m0/s1. The molecule has 0 aliphatic carbocycles. The van der Waals surface area contributed by atoms with Gasteiger partial charge in [-0.2, -0.15) is 5.10 Å². The highest BCUT2D eigenvalue weighted by Crippen LogP contribution is 2.23. The minimum absolute atomic E-state index is 0.00258. The van der Waals surface area contributed by atoms with Crippen molar-refractivity contribution < 1.29 is 22.4 Å². The summed E-state index contributed by atoms with van der Waals surface area (Å²) >= 11 is 3.13. The molecular weight excluding hydrogens is 417 g/mol. The minimum Gasteiger partial charge on any atom is -0.318 e. The second-order valence-corrected chi connectivity index (χ2v) is 9.06. The fraction of sp³-hybridized carbons (Fsp3) is 0.400. The lowest BCUT2D eigenvalue weighted by Gasteiger charge is -2.27. The van der Waals surface area contributed by atoms with Crippen LogP contribution >= 0.6 is 15.9 Å². The predicted molar refractivity (Wildman–Crippen MR) is 93.3 cm³/mol. The molecule has 1 aromatic carbocycles. The molecule has 0 saturated carbocycles. The zero-order valence-electron chi connectivity index (χ0n) is 13.0. The summed E-state index contributed by atoms with van der Waals surface area (Å²) in [7, 11) is -3.18. The molecule has 2 heterocycles. The first-order valence-electron chi connectivity index (χ1n) is 7.61. The third-order valence-electron chi connectivity index (χ3n) is 4.06. The van der Waals surface area contributed by atoms with E-state index in [0.717, 1.165) is 5.01 Å². The maximum absolute atomic E-state index is 13.8. The SMILES string of the molecule is O=C(Nc1ccc(Br)cc1F)C1=NN([C@H]2CCS(=O)(=O)C2)C(=O)CC1. The average Bonchev–Trinajstić information content (AvgIpc) is 2.90. The second-order valence-electron chi connectivity index (χ2n) is 5.92. The van der Waals surface area contributed by atoms with Gasteiger partial charge in [-0.1, -0.05) is 15.9 Å². The molecule has 0 aromatic heterocycles.